The normalized spacial score (nSPS) is 21.3. The maximum absolute atomic E-state index is 14.0. The SMILES string of the molecule is Fc1cc(F)c2c(c1)CC(n1c(CN3CCOCC3)c[nH]c1=S)CC2. The molecule has 1 aliphatic carbocycles. The summed E-state index contributed by atoms with van der Waals surface area (Å²) in [7, 11) is 0. The van der Waals surface area contributed by atoms with Gasteiger partial charge in [0.1, 0.15) is 11.6 Å². The first-order valence-electron chi connectivity index (χ1n) is 8.67. The predicted molar refractivity (Wildman–Crippen MR) is 93.1 cm³/mol. The number of fused-ring (bicyclic) bond motifs is 1. The second-order valence-corrected chi connectivity index (χ2v) is 7.15. The van der Waals surface area contributed by atoms with E-state index in [0.717, 1.165) is 56.6 Å². The minimum atomic E-state index is -0.511. The maximum atomic E-state index is 14.0. The van der Waals surface area contributed by atoms with E-state index in [9.17, 15) is 8.78 Å². The number of H-pyrrole nitrogens is 1. The van der Waals surface area contributed by atoms with Crippen LogP contribution in [0, 0.1) is 16.4 Å². The van der Waals surface area contributed by atoms with Crippen LogP contribution in [0.1, 0.15) is 29.3 Å². The molecule has 1 aromatic heterocycles. The number of ether oxygens (including phenoxy) is 1. The fourth-order valence-corrected chi connectivity index (χ4v) is 4.26. The van der Waals surface area contributed by atoms with Gasteiger partial charge in [-0.3, -0.25) is 4.90 Å². The zero-order valence-corrected chi connectivity index (χ0v) is 14.7. The molecule has 1 N–H and O–H groups in total. The van der Waals surface area contributed by atoms with E-state index < -0.39 is 11.6 Å². The summed E-state index contributed by atoms with van der Waals surface area (Å²) in [5.41, 5.74) is 2.53. The van der Waals surface area contributed by atoms with Crippen molar-refractivity contribution in [1.82, 2.24) is 14.5 Å². The van der Waals surface area contributed by atoms with Gasteiger partial charge in [-0.2, -0.15) is 0 Å². The van der Waals surface area contributed by atoms with Crippen molar-refractivity contribution in [3.8, 4) is 0 Å². The molecule has 2 aliphatic rings. The molecule has 0 amide bonds. The first-order chi connectivity index (χ1) is 12.1. The van der Waals surface area contributed by atoms with Crippen LogP contribution < -0.4 is 0 Å². The molecular weight excluding hydrogens is 344 g/mol. The Kier molecular flexibility index (Phi) is 4.71. The van der Waals surface area contributed by atoms with Crippen LogP contribution in [-0.2, 0) is 24.1 Å². The van der Waals surface area contributed by atoms with Crippen LogP contribution in [0.2, 0.25) is 0 Å². The standard InChI is InChI=1S/C18H21F2N3OS/c19-13-7-12-8-14(1-2-16(12)17(20)9-13)23-15(10-21-18(23)25)11-22-3-5-24-6-4-22/h7,9-10,14H,1-6,8,11H2,(H,21,25). The van der Waals surface area contributed by atoms with Gasteiger partial charge >= 0.3 is 0 Å². The van der Waals surface area contributed by atoms with Gasteiger partial charge in [-0.15, -0.1) is 0 Å². The molecule has 1 aliphatic heterocycles. The van der Waals surface area contributed by atoms with Crippen molar-refractivity contribution in [2.45, 2.75) is 31.8 Å². The van der Waals surface area contributed by atoms with Crippen molar-refractivity contribution in [1.29, 1.82) is 0 Å². The highest BCUT2D eigenvalue weighted by molar-refractivity contribution is 7.71. The zero-order chi connectivity index (χ0) is 17.4. The van der Waals surface area contributed by atoms with Gasteiger partial charge in [-0.05, 0) is 48.7 Å². The van der Waals surface area contributed by atoms with Crippen LogP contribution in [0.4, 0.5) is 8.78 Å². The first kappa shape index (κ1) is 16.9. The third-order valence-corrected chi connectivity index (χ3v) is 5.50. The minimum Gasteiger partial charge on any atom is -0.379 e. The molecule has 0 radical (unpaired) electrons. The lowest BCUT2D eigenvalue weighted by molar-refractivity contribution is 0.0329. The van der Waals surface area contributed by atoms with E-state index >= 15 is 0 Å². The number of imidazole rings is 1. The van der Waals surface area contributed by atoms with Gasteiger partial charge in [0.2, 0.25) is 0 Å². The lowest BCUT2D eigenvalue weighted by Crippen LogP contribution is -2.36. The average molecular weight is 365 g/mol. The summed E-state index contributed by atoms with van der Waals surface area (Å²) in [5.74, 6) is -0.942. The van der Waals surface area contributed by atoms with E-state index in [1.807, 2.05) is 6.20 Å². The fraction of sp³-hybridized carbons (Fsp3) is 0.500. The molecule has 1 aromatic carbocycles. The second-order valence-electron chi connectivity index (χ2n) is 6.77. The molecule has 2 aromatic rings. The lowest BCUT2D eigenvalue weighted by Gasteiger charge is -2.30. The molecular formula is C18H21F2N3OS. The molecule has 0 spiro atoms. The Labute approximate surface area is 150 Å². The molecule has 0 bridgehead atoms. The Balaban J connectivity index is 1.60. The highest BCUT2D eigenvalue weighted by Gasteiger charge is 2.26. The summed E-state index contributed by atoms with van der Waals surface area (Å²) < 4.78 is 35.8. The van der Waals surface area contributed by atoms with Gasteiger partial charge in [0.25, 0.3) is 0 Å². The number of nitrogens with zero attached hydrogens (tertiary/aromatic N) is 2. The molecule has 1 atom stereocenters. The van der Waals surface area contributed by atoms with E-state index in [-0.39, 0.29) is 6.04 Å². The quantitative estimate of drug-likeness (QED) is 0.847. The van der Waals surface area contributed by atoms with Crippen molar-refractivity contribution in [2.75, 3.05) is 26.3 Å². The van der Waals surface area contributed by atoms with E-state index in [1.54, 1.807) is 0 Å². The largest absolute Gasteiger partial charge is 0.379 e. The van der Waals surface area contributed by atoms with Gasteiger partial charge in [0.05, 0.1) is 18.9 Å². The molecule has 7 heteroatoms. The minimum absolute atomic E-state index is 0.128. The number of aromatic amines is 1. The average Bonchev–Trinajstić information content (AvgIpc) is 2.95. The second kappa shape index (κ2) is 6.97. The summed E-state index contributed by atoms with van der Waals surface area (Å²) >= 11 is 5.49. The molecule has 134 valence electrons. The summed E-state index contributed by atoms with van der Waals surface area (Å²) in [6, 6.07) is 2.57. The number of hydrogen-bond donors (Lipinski definition) is 1. The van der Waals surface area contributed by atoms with Crippen LogP contribution in [0.15, 0.2) is 18.3 Å². The van der Waals surface area contributed by atoms with Crippen molar-refractivity contribution in [3.05, 3.63) is 51.6 Å². The molecule has 25 heavy (non-hydrogen) atoms. The summed E-state index contributed by atoms with van der Waals surface area (Å²) in [4.78, 5) is 5.48. The van der Waals surface area contributed by atoms with Crippen LogP contribution >= 0.6 is 12.2 Å². The van der Waals surface area contributed by atoms with Crippen LogP contribution in [-0.4, -0.2) is 40.8 Å². The number of nitrogens with one attached hydrogen (secondary N) is 1. The monoisotopic (exact) mass is 365 g/mol. The van der Waals surface area contributed by atoms with E-state index in [4.69, 9.17) is 17.0 Å². The molecule has 1 saturated heterocycles. The van der Waals surface area contributed by atoms with Gasteiger partial charge in [0.15, 0.2) is 4.77 Å². The lowest BCUT2D eigenvalue weighted by atomic mass is 9.87. The highest BCUT2D eigenvalue weighted by atomic mass is 32.1. The van der Waals surface area contributed by atoms with Gasteiger partial charge < -0.3 is 14.3 Å². The van der Waals surface area contributed by atoms with E-state index in [0.29, 0.717) is 23.2 Å². The Morgan fingerprint density at radius 2 is 2.04 bits per heavy atom. The van der Waals surface area contributed by atoms with Crippen LogP contribution in [0.25, 0.3) is 0 Å². The topological polar surface area (TPSA) is 33.2 Å². The van der Waals surface area contributed by atoms with Crippen molar-refractivity contribution in [3.63, 3.8) is 0 Å². The molecule has 2 heterocycles. The Morgan fingerprint density at radius 1 is 1.24 bits per heavy atom. The molecule has 1 fully saturated rings. The zero-order valence-electron chi connectivity index (χ0n) is 13.9. The first-order valence-corrected chi connectivity index (χ1v) is 9.08. The summed E-state index contributed by atoms with van der Waals surface area (Å²) in [6.07, 6.45) is 3.97. The number of aromatic nitrogens is 2. The van der Waals surface area contributed by atoms with E-state index in [2.05, 4.69) is 14.5 Å². The number of halogens is 2. The molecule has 0 saturated carbocycles. The number of hydrogen-bond acceptors (Lipinski definition) is 3. The van der Waals surface area contributed by atoms with Crippen LogP contribution in [0.3, 0.4) is 0 Å². The smallest absolute Gasteiger partial charge is 0.177 e. The highest BCUT2D eigenvalue weighted by Crippen LogP contribution is 2.32. The molecule has 4 nitrogen and oxygen atoms in total. The number of benzene rings is 1. The third kappa shape index (κ3) is 3.41. The fourth-order valence-electron chi connectivity index (χ4n) is 3.93. The van der Waals surface area contributed by atoms with Gasteiger partial charge in [-0.1, -0.05) is 0 Å². The van der Waals surface area contributed by atoms with Gasteiger partial charge in [0, 0.05) is 37.9 Å². The third-order valence-electron chi connectivity index (χ3n) is 5.18. The van der Waals surface area contributed by atoms with Crippen molar-refractivity contribution in [2.24, 2.45) is 0 Å². The number of rotatable bonds is 3. The molecule has 4 rings (SSSR count). The predicted octanol–water partition coefficient (Wildman–Crippen LogP) is 3.39. The Morgan fingerprint density at radius 3 is 2.84 bits per heavy atom. The van der Waals surface area contributed by atoms with Crippen molar-refractivity contribution < 1.29 is 13.5 Å². The number of morpholine rings is 1. The van der Waals surface area contributed by atoms with Gasteiger partial charge in [-0.25, -0.2) is 8.78 Å². The summed E-state index contributed by atoms with van der Waals surface area (Å²) in [6.45, 7) is 4.11. The Bertz CT molecular complexity index is 826. The summed E-state index contributed by atoms with van der Waals surface area (Å²) in [5, 5.41) is 0. The van der Waals surface area contributed by atoms with Crippen LogP contribution in [0.5, 0.6) is 0 Å². The maximum Gasteiger partial charge on any atom is 0.177 e. The Hall–Kier alpha value is -1.57. The molecule has 1 unspecified atom stereocenters. The van der Waals surface area contributed by atoms with E-state index in [1.165, 1.54) is 6.07 Å². The van der Waals surface area contributed by atoms with Crippen molar-refractivity contribution >= 4 is 12.2 Å².